The molecule has 1 heterocycles. The Labute approximate surface area is 130 Å². The lowest BCUT2D eigenvalue weighted by molar-refractivity contribution is -0.133. The van der Waals surface area contributed by atoms with Crippen molar-refractivity contribution in [3.05, 3.63) is 0 Å². The maximum atomic E-state index is 13.0. The first-order chi connectivity index (χ1) is 9.97. The normalized spacial score (nSPS) is 29.2. The predicted octanol–water partition coefficient (Wildman–Crippen LogP) is 3.78. The second kappa shape index (κ2) is 7.13. The van der Waals surface area contributed by atoms with Crippen LogP contribution in [0.2, 0.25) is 0 Å². The fraction of sp³-hybridized carbons (Fsp3) is 0.944. The maximum Gasteiger partial charge on any atom is 0.241 e. The van der Waals surface area contributed by atoms with Crippen molar-refractivity contribution >= 4 is 5.91 Å². The molecule has 0 radical (unpaired) electrons. The summed E-state index contributed by atoms with van der Waals surface area (Å²) in [5, 5.41) is 3.66. The third kappa shape index (κ3) is 4.00. The van der Waals surface area contributed by atoms with Gasteiger partial charge < -0.3 is 4.90 Å². The van der Waals surface area contributed by atoms with Gasteiger partial charge in [0.2, 0.25) is 5.91 Å². The Morgan fingerprint density at radius 2 is 1.81 bits per heavy atom. The summed E-state index contributed by atoms with van der Waals surface area (Å²) in [5.41, 5.74) is 0. The second-order valence-corrected chi connectivity index (χ2v) is 7.66. The summed E-state index contributed by atoms with van der Waals surface area (Å²) >= 11 is 0. The Morgan fingerprint density at radius 3 is 2.29 bits per heavy atom. The highest BCUT2D eigenvalue weighted by molar-refractivity contribution is 5.85. The lowest BCUT2D eigenvalue weighted by Gasteiger charge is -2.33. The zero-order valence-corrected chi connectivity index (χ0v) is 14.6. The highest BCUT2D eigenvalue weighted by Crippen LogP contribution is 2.37. The molecule has 0 spiro atoms. The van der Waals surface area contributed by atoms with Crippen LogP contribution in [-0.4, -0.2) is 29.1 Å². The van der Waals surface area contributed by atoms with Crippen LogP contribution >= 0.6 is 0 Å². The number of carbonyl (C=O) groups excluding carboxylic acids is 1. The highest BCUT2D eigenvalue weighted by Gasteiger charge is 2.44. The molecule has 1 aliphatic carbocycles. The molecule has 4 unspecified atom stereocenters. The molecule has 1 amide bonds. The number of hydrogen-bond donors (Lipinski definition) is 1. The molecule has 0 aromatic rings. The van der Waals surface area contributed by atoms with E-state index in [2.05, 4.69) is 44.8 Å². The van der Waals surface area contributed by atoms with E-state index >= 15 is 0 Å². The molecule has 1 saturated heterocycles. The number of hydrogen-bond acceptors (Lipinski definition) is 2. The Hall–Kier alpha value is -0.570. The van der Waals surface area contributed by atoms with E-state index in [0.29, 0.717) is 23.8 Å². The molecule has 3 nitrogen and oxygen atoms in total. The fourth-order valence-electron chi connectivity index (χ4n) is 3.59. The van der Waals surface area contributed by atoms with Crippen LogP contribution in [0.25, 0.3) is 0 Å². The molecule has 2 aliphatic rings. The Kier molecular flexibility index (Phi) is 5.70. The number of nitrogens with one attached hydrogen (secondary N) is 1. The molecule has 122 valence electrons. The molecule has 3 heteroatoms. The summed E-state index contributed by atoms with van der Waals surface area (Å²) < 4.78 is 0. The molecule has 1 saturated carbocycles. The lowest BCUT2D eigenvalue weighted by Crippen LogP contribution is -2.45. The van der Waals surface area contributed by atoms with Crippen LogP contribution in [0.1, 0.15) is 73.1 Å². The van der Waals surface area contributed by atoms with Gasteiger partial charge in [-0.3, -0.25) is 10.1 Å². The quantitative estimate of drug-likeness (QED) is 0.739. The van der Waals surface area contributed by atoms with Gasteiger partial charge in [0.25, 0.3) is 0 Å². The summed E-state index contributed by atoms with van der Waals surface area (Å²) in [5.74, 6) is 2.29. The number of nitrogens with zero attached hydrogens (tertiary/aromatic N) is 1. The van der Waals surface area contributed by atoms with Gasteiger partial charge in [-0.05, 0) is 37.0 Å². The number of rotatable bonds is 8. The first-order valence-electron chi connectivity index (χ1n) is 9.06. The molecule has 0 aromatic carbocycles. The van der Waals surface area contributed by atoms with E-state index in [1.165, 1.54) is 19.3 Å². The van der Waals surface area contributed by atoms with Crippen molar-refractivity contribution in [3.8, 4) is 0 Å². The molecule has 1 aliphatic heterocycles. The largest absolute Gasteiger partial charge is 0.323 e. The zero-order chi connectivity index (χ0) is 15.6. The third-order valence-electron chi connectivity index (χ3n) is 5.30. The van der Waals surface area contributed by atoms with Crippen LogP contribution in [0, 0.1) is 17.8 Å². The van der Waals surface area contributed by atoms with Gasteiger partial charge in [-0.2, -0.15) is 0 Å². The van der Waals surface area contributed by atoms with Crippen molar-refractivity contribution in [2.75, 3.05) is 0 Å². The second-order valence-electron chi connectivity index (χ2n) is 7.66. The minimum atomic E-state index is 0.0343. The molecule has 21 heavy (non-hydrogen) atoms. The van der Waals surface area contributed by atoms with Gasteiger partial charge in [-0.15, -0.1) is 0 Å². The smallest absolute Gasteiger partial charge is 0.241 e. The van der Waals surface area contributed by atoms with Crippen LogP contribution in [-0.2, 0) is 4.79 Å². The van der Waals surface area contributed by atoms with E-state index in [1.54, 1.807) is 0 Å². The van der Waals surface area contributed by atoms with E-state index in [0.717, 1.165) is 25.2 Å². The van der Waals surface area contributed by atoms with Gasteiger partial charge in [0, 0.05) is 6.04 Å². The van der Waals surface area contributed by atoms with Gasteiger partial charge in [0.1, 0.15) is 0 Å². The van der Waals surface area contributed by atoms with Gasteiger partial charge in [-0.1, -0.05) is 53.9 Å². The van der Waals surface area contributed by atoms with Crippen LogP contribution in [0.3, 0.4) is 0 Å². The van der Waals surface area contributed by atoms with Crippen LogP contribution in [0.4, 0.5) is 0 Å². The van der Waals surface area contributed by atoms with Crippen molar-refractivity contribution in [2.45, 2.75) is 91.4 Å². The Morgan fingerprint density at radius 1 is 1.14 bits per heavy atom. The minimum Gasteiger partial charge on any atom is -0.323 e. The maximum absolute atomic E-state index is 13.0. The predicted molar refractivity (Wildman–Crippen MR) is 87.9 cm³/mol. The molecule has 0 bridgehead atoms. The Balaban J connectivity index is 2.13. The summed E-state index contributed by atoms with van der Waals surface area (Å²) in [6.07, 6.45) is 7.42. The Bertz CT molecular complexity index is 351. The summed E-state index contributed by atoms with van der Waals surface area (Å²) in [4.78, 5) is 15.2. The molecule has 4 atom stereocenters. The summed E-state index contributed by atoms with van der Waals surface area (Å²) in [6, 6.07) is 0.474. The lowest BCUT2D eigenvalue weighted by atomic mass is 9.98. The van der Waals surface area contributed by atoms with Crippen LogP contribution < -0.4 is 5.32 Å². The van der Waals surface area contributed by atoms with Crippen molar-refractivity contribution in [2.24, 2.45) is 17.8 Å². The zero-order valence-electron chi connectivity index (χ0n) is 14.6. The van der Waals surface area contributed by atoms with Gasteiger partial charge in [0.15, 0.2) is 0 Å². The monoisotopic (exact) mass is 294 g/mol. The van der Waals surface area contributed by atoms with Crippen molar-refractivity contribution < 1.29 is 4.79 Å². The van der Waals surface area contributed by atoms with E-state index in [9.17, 15) is 4.79 Å². The number of carbonyl (C=O) groups is 1. The molecule has 0 aromatic heterocycles. The standard InChI is InChI=1S/C18H34N2O/c1-6-13(5)17-18(21)20(16(19-17)10-12(3)4)15(7-2)11-14-8-9-14/h12-17,19H,6-11H2,1-5H3. The van der Waals surface area contributed by atoms with E-state index in [1.807, 2.05) is 0 Å². The van der Waals surface area contributed by atoms with Gasteiger partial charge in [-0.25, -0.2) is 0 Å². The minimum absolute atomic E-state index is 0.0343. The molecule has 1 N–H and O–H groups in total. The highest BCUT2D eigenvalue weighted by atomic mass is 16.2. The third-order valence-corrected chi connectivity index (χ3v) is 5.30. The van der Waals surface area contributed by atoms with E-state index in [4.69, 9.17) is 0 Å². The van der Waals surface area contributed by atoms with E-state index < -0.39 is 0 Å². The summed E-state index contributed by atoms with van der Waals surface area (Å²) in [6.45, 7) is 11.1. The number of amides is 1. The molecule has 2 fully saturated rings. The molecular weight excluding hydrogens is 260 g/mol. The molecular formula is C18H34N2O. The van der Waals surface area contributed by atoms with E-state index in [-0.39, 0.29) is 12.2 Å². The van der Waals surface area contributed by atoms with Gasteiger partial charge in [0.05, 0.1) is 12.2 Å². The van der Waals surface area contributed by atoms with Crippen molar-refractivity contribution in [3.63, 3.8) is 0 Å². The SMILES string of the molecule is CCC(C)C1NC(CC(C)C)N(C(CC)CC2CC2)C1=O. The average molecular weight is 294 g/mol. The van der Waals surface area contributed by atoms with Crippen LogP contribution in [0.5, 0.6) is 0 Å². The fourth-order valence-corrected chi connectivity index (χ4v) is 3.59. The van der Waals surface area contributed by atoms with Gasteiger partial charge >= 0.3 is 0 Å². The van der Waals surface area contributed by atoms with Crippen molar-refractivity contribution in [1.29, 1.82) is 0 Å². The average Bonchev–Trinajstić information content (AvgIpc) is 3.20. The first-order valence-corrected chi connectivity index (χ1v) is 9.06. The van der Waals surface area contributed by atoms with Crippen molar-refractivity contribution in [1.82, 2.24) is 10.2 Å². The topological polar surface area (TPSA) is 32.3 Å². The summed E-state index contributed by atoms with van der Waals surface area (Å²) in [7, 11) is 0. The first kappa shape index (κ1) is 16.8. The van der Waals surface area contributed by atoms with Crippen LogP contribution in [0.15, 0.2) is 0 Å². The molecule has 2 rings (SSSR count).